The van der Waals surface area contributed by atoms with Crippen LogP contribution in [0.25, 0.3) is 0 Å². The molecule has 0 saturated heterocycles. The SMILES string of the molecule is COC(=O)c1cccc(N)c1N(C)Cc1ccc(F)cc1. The molecule has 2 N–H and O–H groups in total. The Balaban J connectivity index is 2.32. The predicted molar refractivity (Wildman–Crippen MR) is 80.7 cm³/mol. The number of benzene rings is 2. The number of carbonyl (C=O) groups excluding carboxylic acids is 1. The summed E-state index contributed by atoms with van der Waals surface area (Å²) in [6.07, 6.45) is 0. The predicted octanol–water partition coefficient (Wildman–Crippen LogP) is 2.83. The number of rotatable bonds is 4. The number of ether oxygens (including phenoxy) is 1. The number of esters is 1. The number of methoxy groups -OCH3 is 1. The van der Waals surface area contributed by atoms with Crippen molar-refractivity contribution in [1.29, 1.82) is 0 Å². The van der Waals surface area contributed by atoms with E-state index in [1.165, 1.54) is 19.2 Å². The van der Waals surface area contributed by atoms with Crippen molar-refractivity contribution < 1.29 is 13.9 Å². The van der Waals surface area contributed by atoms with E-state index in [-0.39, 0.29) is 5.82 Å². The van der Waals surface area contributed by atoms with Crippen LogP contribution in [-0.4, -0.2) is 20.1 Å². The van der Waals surface area contributed by atoms with Crippen molar-refractivity contribution in [3.05, 3.63) is 59.4 Å². The normalized spacial score (nSPS) is 10.2. The fourth-order valence-corrected chi connectivity index (χ4v) is 2.20. The van der Waals surface area contributed by atoms with Crippen molar-refractivity contribution in [3.8, 4) is 0 Å². The van der Waals surface area contributed by atoms with E-state index in [0.717, 1.165) is 5.56 Å². The second-order valence-electron chi connectivity index (χ2n) is 4.72. The number of nitrogens with two attached hydrogens (primary N) is 1. The van der Waals surface area contributed by atoms with Crippen LogP contribution in [0.3, 0.4) is 0 Å². The highest BCUT2D eigenvalue weighted by Gasteiger charge is 2.17. The third-order valence-corrected chi connectivity index (χ3v) is 3.19. The average Bonchev–Trinajstić information content (AvgIpc) is 2.48. The van der Waals surface area contributed by atoms with Crippen LogP contribution in [0.2, 0.25) is 0 Å². The molecule has 0 radical (unpaired) electrons. The van der Waals surface area contributed by atoms with Gasteiger partial charge in [0.25, 0.3) is 0 Å². The summed E-state index contributed by atoms with van der Waals surface area (Å²) in [6.45, 7) is 0.498. The van der Waals surface area contributed by atoms with Crippen molar-refractivity contribution in [2.24, 2.45) is 0 Å². The molecule has 0 amide bonds. The summed E-state index contributed by atoms with van der Waals surface area (Å²) in [5.41, 5.74) is 8.40. The van der Waals surface area contributed by atoms with E-state index >= 15 is 0 Å². The summed E-state index contributed by atoms with van der Waals surface area (Å²) >= 11 is 0. The molecule has 2 aromatic rings. The van der Waals surface area contributed by atoms with E-state index in [4.69, 9.17) is 10.5 Å². The highest BCUT2D eigenvalue weighted by Crippen LogP contribution is 2.28. The van der Waals surface area contributed by atoms with E-state index in [1.54, 1.807) is 30.3 Å². The highest BCUT2D eigenvalue weighted by molar-refractivity contribution is 5.99. The minimum Gasteiger partial charge on any atom is -0.465 e. The van der Waals surface area contributed by atoms with Gasteiger partial charge in [0.15, 0.2) is 0 Å². The lowest BCUT2D eigenvalue weighted by Gasteiger charge is -2.23. The smallest absolute Gasteiger partial charge is 0.340 e. The van der Waals surface area contributed by atoms with Gasteiger partial charge in [0, 0.05) is 13.6 Å². The zero-order chi connectivity index (χ0) is 15.4. The Bertz CT molecular complexity index is 641. The Kier molecular flexibility index (Phi) is 4.42. The molecule has 0 spiro atoms. The van der Waals surface area contributed by atoms with Crippen LogP contribution >= 0.6 is 0 Å². The molecular formula is C16H17FN2O2. The summed E-state index contributed by atoms with van der Waals surface area (Å²) in [5, 5.41) is 0. The molecule has 0 aliphatic heterocycles. The maximum absolute atomic E-state index is 12.9. The van der Waals surface area contributed by atoms with Crippen LogP contribution in [-0.2, 0) is 11.3 Å². The van der Waals surface area contributed by atoms with E-state index in [1.807, 2.05) is 11.9 Å². The first-order valence-electron chi connectivity index (χ1n) is 6.45. The Hall–Kier alpha value is -2.56. The summed E-state index contributed by atoms with van der Waals surface area (Å²) in [4.78, 5) is 13.7. The quantitative estimate of drug-likeness (QED) is 0.694. The topological polar surface area (TPSA) is 55.6 Å². The molecular weight excluding hydrogens is 271 g/mol. The molecule has 0 aliphatic carbocycles. The minimum atomic E-state index is -0.441. The van der Waals surface area contributed by atoms with Crippen LogP contribution < -0.4 is 10.6 Å². The zero-order valence-corrected chi connectivity index (χ0v) is 12.0. The summed E-state index contributed by atoms with van der Waals surface area (Å²) < 4.78 is 17.7. The Morgan fingerprint density at radius 1 is 1.24 bits per heavy atom. The number of hydrogen-bond donors (Lipinski definition) is 1. The minimum absolute atomic E-state index is 0.282. The third-order valence-electron chi connectivity index (χ3n) is 3.19. The monoisotopic (exact) mass is 288 g/mol. The fraction of sp³-hybridized carbons (Fsp3) is 0.188. The molecule has 4 nitrogen and oxygen atoms in total. The van der Waals surface area contributed by atoms with Crippen molar-refractivity contribution in [2.45, 2.75) is 6.54 Å². The van der Waals surface area contributed by atoms with Gasteiger partial charge in [-0.2, -0.15) is 0 Å². The Morgan fingerprint density at radius 3 is 2.52 bits per heavy atom. The van der Waals surface area contributed by atoms with Crippen LogP contribution in [0.4, 0.5) is 15.8 Å². The van der Waals surface area contributed by atoms with Gasteiger partial charge in [0.2, 0.25) is 0 Å². The zero-order valence-electron chi connectivity index (χ0n) is 12.0. The van der Waals surface area contributed by atoms with Crippen molar-refractivity contribution in [3.63, 3.8) is 0 Å². The van der Waals surface area contributed by atoms with Gasteiger partial charge in [-0.1, -0.05) is 18.2 Å². The summed E-state index contributed by atoms with van der Waals surface area (Å²) in [6, 6.07) is 11.3. The molecule has 2 rings (SSSR count). The van der Waals surface area contributed by atoms with E-state index in [2.05, 4.69) is 0 Å². The van der Waals surface area contributed by atoms with Crippen molar-refractivity contribution >= 4 is 17.3 Å². The first-order chi connectivity index (χ1) is 10.0. The molecule has 0 bridgehead atoms. The molecule has 0 heterocycles. The lowest BCUT2D eigenvalue weighted by molar-refractivity contribution is 0.0601. The largest absolute Gasteiger partial charge is 0.465 e. The van der Waals surface area contributed by atoms with E-state index < -0.39 is 5.97 Å². The number of halogens is 1. The average molecular weight is 288 g/mol. The fourth-order valence-electron chi connectivity index (χ4n) is 2.20. The molecule has 110 valence electrons. The lowest BCUT2D eigenvalue weighted by Crippen LogP contribution is -2.21. The van der Waals surface area contributed by atoms with Gasteiger partial charge in [-0.05, 0) is 29.8 Å². The first kappa shape index (κ1) is 14.8. The van der Waals surface area contributed by atoms with E-state index in [9.17, 15) is 9.18 Å². The third kappa shape index (κ3) is 3.31. The molecule has 0 saturated carbocycles. The second-order valence-corrected chi connectivity index (χ2v) is 4.72. The standard InChI is InChI=1S/C16H17FN2O2/c1-19(10-11-6-8-12(17)9-7-11)15-13(16(20)21-2)4-3-5-14(15)18/h3-9H,10,18H2,1-2H3. The summed E-state index contributed by atoms with van der Waals surface area (Å²) in [5.74, 6) is -0.723. The number of carbonyl (C=O) groups is 1. The van der Waals surface area contributed by atoms with Gasteiger partial charge in [-0.25, -0.2) is 9.18 Å². The highest BCUT2D eigenvalue weighted by atomic mass is 19.1. The van der Waals surface area contributed by atoms with Gasteiger partial charge in [0.1, 0.15) is 5.82 Å². The van der Waals surface area contributed by atoms with Gasteiger partial charge in [-0.3, -0.25) is 0 Å². The molecule has 0 fully saturated rings. The van der Waals surface area contributed by atoms with Crippen molar-refractivity contribution in [2.75, 3.05) is 24.8 Å². The van der Waals surface area contributed by atoms with Crippen LogP contribution in [0, 0.1) is 5.82 Å². The Labute approximate surface area is 122 Å². The van der Waals surface area contributed by atoms with Crippen LogP contribution in [0.5, 0.6) is 0 Å². The lowest BCUT2D eigenvalue weighted by atomic mass is 10.1. The van der Waals surface area contributed by atoms with Gasteiger partial charge >= 0.3 is 5.97 Å². The molecule has 0 aromatic heterocycles. The van der Waals surface area contributed by atoms with Gasteiger partial charge < -0.3 is 15.4 Å². The molecule has 0 aliphatic rings. The van der Waals surface area contributed by atoms with E-state index in [0.29, 0.717) is 23.5 Å². The van der Waals surface area contributed by atoms with Crippen LogP contribution in [0.15, 0.2) is 42.5 Å². The number of nitrogens with zero attached hydrogens (tertiary/aromatic N) is 1. The molecule has 2 aromatic carbocycles. The number of anilines is 2. The first-order valence-corrected chi connectivity index (χ1v) is 6.45. The molecule has 0 unspecified atom stereocenters. The second kappa shape index (κ2) is 6.26. The molecule has 21 heavy (non-hydrogen) atoms. The van der Waals surface area contributed by atoms with Gasteiger partial charge in [-0.15, -0.1) is 0 Å². The number of hydrogen-bond acceptors (Lipinski definition) is 4. The van der Waals surface area contributed by atoms with Gasteiger partial charge in [0.05, 0.1) is 24.0 Å². The number of nitrogen functional groups attached to an aromatic ring is 1. The molecule has 5 heteroatoms. The molecule has 0 atom stereocenters. The van der Waals surface area contributed by atoms with Crippen molar-refractivity contribution in [1.82, 2.24) is 0 Å². The Morgan fingerprint density at radius 2 is 1.90 bits per heavy atom. The summed E-state index contributed by atoms with van der Waals surface area (Å²) in [7, 11) is 3.15. The maximum Gasteiger partial charge on any atom is 0.340 e. The number of para-hydroxylation sites is 1. The maximum atomic E-state index is 12.9. The van der Waals surface area contributed by atoms with Crippen LogP contribution in [0.1, 0.15) is 15.9 Å².